The molecule has 0 aliphatic carbocycles. The third-order valence-electron chi connectivity index (χ3n) is 5.00. The van der Waals surface area contributed by atoms with Gasteiger partial charge in [0.05, 0.1) is 44.6 Å². The van der Waals surface area contributed by atoms with Gasteiger partial charge in [-0.25, -0.2) is 0 Å². The molecule has 1 unspecified atom stereocenters. The van der Waals surface area contributed by atoms with E-state index in [-0.39, 0.29) is 36.5 Å². The van der Waals surface area contributed by atoms with Crippen LogP contribution in [0.15, 0.2) is 18.2 Å². The van der Waals surface area contributed by atoms with Gasteiger partial charge in [0.15, 0.2) is 14.3 Å². The van der Waals surface area contributed by atoms with Crippen LogP contribution in [0.1, 0.15) is 39.1 Å². The van der Waals surface area contributed by atoms with Gasteiger partial charge in [0.1, 0.15) is 12.9 Å². The maximum absolute atomic E-state index is 13.2. The predicted octanol–water partition coefficient (Wildman–Crippen LogP) is -0.796. The normalized spacial score (nSPS) is 11.1. The molecule has 0 fully saturated rings. The first-order valence-electron chi connectivity index (χ1n) is 11.4. The number of amides is 2. The number of nitrogens with one attached hydrogen (secondary N) is 2. The lowest BCUT2D eigenvalue weighted by Crippen LogP contribution is -2.39. The van der Waals surface area contributed by atoms with Gasteiger partial charge in [-0.1, -0.05) is 24.0 Å². The molecule has 0 aliphatic heterocycles. The highest BCUT2D eigenvalue weighted by molar-refractivity contribution is 6.04. The lowest BCUT2D eigenvalue weighted by molar-refractivity contribution is -0.121. The van der Waals surface area contributed by atoms with E-state index >= 15 is 0 Å². The van der Waals surface area contributed by atoms with E-state index in [9.17, 15) is 19.2 Å². The minimum atomic E-state index is -0.822. The van der Waals surface area contributed by atoms with E-state index in [0.717, 1.165) is 6.54 Å². The summed E-state index contributed by atoms with van der Waals surface area (Å²) in [6.45, 7) is 3.26. The van der Waals surface area contributed by atoms with E-state index in [4.69, 9.17) is 14.2 Å². The molecule has 0 heterocycles. The quantitative estimate of drug-likeness (QED) is 0.127. The summed E-state index contributed by atoms with van der Waals surface area (Å²) in [5.74, 6) is 4.94. The minimum absolute atomic E-state index is 0.0872. The molecule has 10 nitrogen and oxygen atoms in total. The molecule has 2 amide bonds. The van der Waals surface area contributed by atoms with Crippen LogP contribution < -0.4 is 10.5 Å². The molecule has 0 bridgehead atoms. The van der Waals surface area contributed by atoms with Crippen molar-refractivity contribution in [1.82, 2.24) is 15.4 Å². The van der Waals surface area contributed by atoms with Crippen LogP contribution in [0.25, 0.3) is 0 Å². The van der Waals surface area contributed by atoms with E-state index < -0.39 is 11.9 Å². The van der Waals surface area contributed by atoms with Crippen molar-refractivity contribution in [2.45, 2.75) is 18.9 Å². The Morgan fingerprint density at radius 2 is 1.80 bits per heavy atom. The van der Waals surface area contributed by atoms with Crippen molar-refractivity contribution in [3.8, 4) is 11.8 Å². The number of rotatable bonds is 17. The molecular weight excluding hydrogens is 453 g/mol. The van der Waals surface area contributed by atoms with Crippen molar-refractivity contribution in [3.05, 3.63) is 34.9 Å². The highest BCUT2D eigenvalue weighted by Crippen LogP contribution is 2.17. The van der Waals surface area contributed by atoms with Gasteiger partial charge in [-0.3, -0.25) is 14.4 Å². The first-order valence-corrected chi connectivity index (χ1v) is 11.4. The number of carbonyl (C=O) groups excluding carboxylic acids is 4. The summed E-state index contributed by atoms with van der Waals surface area (Å²) in [6, 6.07) is 3.94. The monoisotopic (exact) mass is 487 g/mol. The molecule has 0 spiro atoms. The molecule has 1 aromatic carbocycles. The second kappa shape index (κ2) is 18.3. The summed E-state index contributed by atoms with van der Waals surface area (Å²) < 4.78 is 16.2. The van der Waals surface area contributed by atoms with Crippen LogP contribution in [0.5, 0.6) is 0 Å². The number of ether oxygens (including phenoxy) is 3. The average Bonchev–Trinajstić information content (AvgIpc) is 2.88. The number of likely N-dealkylation sites (N-methyl/N-ethyl adjacent to an activating group) is 1. The summed E-state index contributed by atoms with van der Waals surface area (Å²) in [7, 11) is 4.81. The number of aldehydes is 2. The molecule has 0 saturated heterocycles. The van der Waals surface area contributed by atoms with Crippen molar-refractivity contribution < 1.29 is 33.4 Å². The van der Waals surface area contributed by atoms with Crippen molar-refractivity contribution in [2.75, 3.05) is 60.3 Å². The van der Waals surface area contributed by atoms with Gasteiger partial charge in [-0.2, -0.15) is 0 Å². The van der Waals surface area contributed by atoms with Crippen LogP contribution in [0.4, 0.5) is 0 Å². The Bertz CT molecular complexity index is 886. The Morgan fingerprint density at radius 3 is 2.43 bits per heavy atom. The zero-order chi connectivity index (χ0) is 25.9. The van der Waals surface area contributed by atoms with Gasteiger partial charge in [0.2, 0.25) is 5.91 Å². The smallest absolute Gasteiger partial charge is 0.256 e. The highest BCUT2D eigenvalue weighted by Gasteiger charge is 2.25. The Labute approximate surface area is 207 Å². The lowest BCUT2D eigenvalue weighted by atomic mass is 9.99. The van der Waals surface area contributed by atoms with E-state index in [2.05, 4.69) is 22.4 Å². The molecule has 11 heteroatoms. The van der Waals surface area contributed by atoms with E-state index in [1.54, 1.807) is 12.1 Å². The first kappa shape index (κ1) is 30.0. The summed E-state index contributed by atoms with van der Waals surface area (Å²) in [5, 5.41) is 5.46. The third kappa shape index (κ3) is 11.3. The number of hydrogen-bond acceptors (Lipinski definition) is 8. The maximum Gasteiger partial charge on any atom is 0.256 e. The molecule has 190 valence electrons. The second-order valence-corrected chi connectivity index (χ2v) is 7.40. The van der Waals surface area contributed by atoms with Gasteiger partial charge >= 0.3 is 0 Å². The number of nitrogens with zero attached hydrogens (tertiary/aromatic N) is 1. The van der Waals surface area contributed by atoms with Gasteiger partial charge in [0.25, 0.3) is 5.91 Å². The van der Waals surface area contributed by atoms with Crippen molar-refractivity contribution >= 4 is 32.4 Å². The fraction of sp³-hybridized carbons (Fsp3) is 0.500. The SMILES string of the molecule is BNCCOCCOCCOCC#Cc1cccc(C=O)c1C(=O)N(C)C(C=O)CCC(=O)NC. The van der Waals surface area contributed by atoms with Gasteiger partial charge in [-0.15, -0.1) is 0 Å². The molecule has 0 aliphatic rings. The maximum atomic E-state index is 13.2. The molecule has 1 aromatic rings. The number of hydrogen-bond donors (Lipinski definition) is 2. The average molecular weight is 487 g/mol. The molecule has 0 radical (unpaired) electrons. The van der Waals surface area contributed by atoms with Gasteiger partial charge < -0.3 is 34.4 Å². The molecule has 1 rings (SSSR count). The summed E-state index contributed by atoms with van der Waals surface area (Å²) in [4.78, 5) is 49.0. The Morgan fingerprint density at radius 1 is 1.11 bits per heavy atom. The largest absolute Gasteiger partial charge is 0.378 e. The van der Waals surface area contributed by atoms with Crippen LogP contribution in [0.2, 0.25) is 0 Å². The molecular formula is C24H34BN3O7. The number of carbonyl (C=O) groups is 4. The molecule has 1 atom stereocenters. The third-order valence-corrected chi connectivity index (χ3v) is 5.00. The Balaban J connectivity index is 2.69. The van der Waals surface area contributed by atoms with Crippen LogP contribution in [-0.2, 0) is 23.8 Å². The van der Waals surface area contributed by atoms with E-state index in [0.29, 0.717) is 51.2 Å². The fourth-order valence-corrected chi connectivity index (χ4v) is 2.96. The first-order chi connectivity index (χ1) is 17.0. The standard InChI is InChI=1S/C24H34BN3O7/c1-26-22(31)9-8-21(18-30)28(2)24(32)23-19(5-3-6-20(23)17-29)7-4-11-33-13-15-35-16-14-34-12-10-27-25/h3,5-6,17-18,21,27H,8-16,25H2,1-2H3,(H,26,31). The Kier molecular flexibility index (Phi) is 15.7. The fourth-order valence-electron chi connectivity index (χ4n) is 2.96. The zero-order valence-corrected chi connectivity index (χ0v) is 20.6. The zero-order valence-electron chi connectivity index (χ0n) is 20.6. The van der Waals surface area contributed by atoms with Crippen molar-refractivity contribution in [1.29, 1.82) is 0 Å². The number of benzene rings is 1. The minimum Gasteiger partial charge on any atom is -0.378 e. The second-order valence-electron chi connectivity index (χ2n) is 7.40. The van der Waals surface area contributed by atoms with E-state index in [1.165, 1.54) is 25.1 Å². The van der Waals surface area contributed by atoms with Crippen molar-refractivity contribution in [3.63, 3.8) is 0 Å². The molecule has 2 N–H and O–H groups in total. The van der Waals surface area contributed by atoms with Crippen molar-refractivity contribution in [2.24, 2.45) is 0 Å². The van der Waals surface area contributed by atoms with Crippen LogP contribution >= 0.6 is 0 Å². The topological polar surface area (TPSA) is 123 Å². The van der Waals surface area contributed by atoms with E-state index in [1.807, 2.05) is 7.98 Å². The molecule has 0 saturated carbocycles. The predicted molar refractivity (Wildman–Crippen MR) is 133 cm³/mol. The van der Waals surface area contributed by atoms with Gasteiger partial charge in [0, 0.05) is 38.2 Å². The molecule has 0 aromatic heterocycles. The van der Waals surface area contributed by atoms with Crippen LogP contribution in [0, 0.1) is 11.8 Å². The van der Waals surface area contributed by atoms with Crippen LogP contribution in [0.3, 0.4) is 0 Å². The van der Waals surface area contributed by atoms with Crippen LogP contribution in [-0.4, -0.2) is 104 Å². The lowest BCUT2D eigenvalue weighted by Gasteiger charge is -2.24. The van der Waals surface area contributed by atoms with Gasteiger partial charge in [-0.05, 0) is 12.5 Å². The highest BCUT2D eigenvalue weighted by atomic mass is 16.5. The summed E-state index contributed by atoms with van der Waals surface area (Å²) in [5.41, 5.74) is 0.614. The summed E-state index contributed by atoms with van der Waals surface area (Å²) in [6.07, 6.45) is 1.43. The molecule has 35 heavy (non-hydrogen) atoms. The summed E-state index contributed by atoms with van der Waals surface area (Å²) >= 11 is 0. The Hall–Kier alpha value is -3.04.